The number of aromatic nitrogens is 7. The van der Waals surface area contributed by atoms with Gasteiger partial charge in [-0.05, 0) is 69.1 Å². The highest BCUT2D eigenvalue weighted by Crippen LogP contribution is 2.38. The molecule has 4 atom stereocenters. The van der Waals surface area contributed by atoms with E-state index in [2.05, 4.69) is 37.6 Å². The Morgan fingerprint density at radius 2 is 1.92 bits per heavy atom. The highest BCUT2D eigenvalue weighted by atomic mass is 19.3. The van der Waals surface area contributed by atoms with Crippen molar-refractivity contribution in [1.82, 2.24) is 43.7 Å². The molecule has 4 aliphatic heterocycles. The number of morpholine rings is 1. The van der Waals surface area contributed by atoms with Crippen molar-refractivity contribution in [2.75, 3.05) is 49.6 Å². The van der Waals surface area contributed by atoms with Crippen molar-refractivity contribution in [3.8, 4) is 11.8 Å². The molecule has 0 radical (unpaired) electrons. The fourth-order valence-electron chi connectivity index (χ4n) is 10.3. The zero-order valence-electron chi connectivity index (χ0n) is 35.5. The van der Waals surface area contributed by atoms with Gasteiger partial charge >= 0.3 is 5.69 Å². The van der Waals surface area contributed by atoms with Crippen LogP contribution in [0.15, 0.2) is 47.7 Å². The number of alkyl halides is 4. The molecule has 4 saturated heterocycles. The number of imidazole rings is 1. The number of piperidine rings is 2. The van der Waals surface area contributed by atoms with E-state index in [1.807, 2.05) is 6.07 Å². The van der Waals surface area contributed by atoms with Gasteiger partial charge in [0.05, 0.1) is 59.8 Å². The molecule has 3 amide bonds. The fraction of sp³-hybridized carbons (Fsp3) is 0.523. The summed E-state index contributed by atoms with van der Waals surface area (Å²) in [5.41, 5.74) is 0.778. The Labute approximate surface area is 369 Å². The first-order valence-corrected chi connectivity index (χ1v) is 22.0. The Hall–Kier alpha value is -6.11. The monoisotopic (exact) mass is 901 g/mol. The summed E-state index contributed by atoms with van der Waals surface area (Å²) in [5.74, 6) is 1.87. The van der Waals surface area contributed by atoms with Crippen molar-refractivity contribution in [3.63, 3.8) is 0 Å². The number of nitrogens with zero attached hydrogens (tertiary/aromatic N) is 9. The zero-order chi connectivity index (χ0) is 45.1. The molecule has 5 fully saturated rings. The minimum absolute atomic E-state index is 0.0963. The lowest BCUT2D eigenvalue weighted by molar-refractivity contribution is -0.169. The van der Waals surface area contributed by atoms with Crippen molar-refractivity contribution in [2.24, 2.45) is 13.0 Å². The van der Waals surface area contributed by atoms with Gasteiger partial charge in [0, 0.05) is 45.5 Å². The Kier molecular flexibility index (Phi) is 11.2. The number of aryl methyl sites for hydroxylation is 1. The second kappa shape index (κ2) is 17.0. The van der Waals surface area contributed by atoms with E-state index in [0.717, 1.165) is 6.42 Å². The number of carbonyl (C=O) groups excluding carboxylic acids is 3. The predicted octanol–water partition coefficient (Wildman–Crippen LogP) is 4.23. The average molecular weight is 902 g/mol. The number of likely N-dealkylation sites (tertiary alicyclic amines) is 1. The molecule has 2 N–H and O–H groups in total. The second-order valence-electron chi connectivity index (χ2n) is 17.7. The zero-order valence-corrected chi connectivity index (χ0v) is 35.5. The van der Waals surface area contributed by atoms with Gasteiger partial charge in [-0.2, -0.15) is 10.2 Å². The molecule has 1 saturated carbocycles. The smallest absolute Gasteiger partial charge is 0.329 e. The number of fused-ring (bicyclic) bond motifs is 4. The standard InChI is InChI=1S/C44H47F4N11O6/c1-54-38-26(4-2-6-32(38)59(43(54)63)33-11-12-36(60)52-42(33)62)5-3-17-64-34-13-15-55(24-44(34,47)48)20-25-7-9-27(10-8-25)58-22-31(37(53-58)39(45)46)50-41(61)30-19-49-57-16-14-35(51-40(30)57)56-21-29-18-28(56)23-65-29/h2,4,6,14,16,19,22,25,27-29,33-34,39H,7-13,15,17-18,20-21,23-24H2,1H3,(H,50,61)(H,52,60,62)/t25-,27-,28-,29-,33?,34?/m1/s1. The number of anilines is 2. The quantitative estimate of drug-likeness (QED) is 0.117. The van der Waals surface area contributed by atoms with Gasteiger partial charge in [0.25, 0.3) is 18.3 Å². The van der Waals surface area contributed by atoms with Crippen LogP contribution in [0.25, 0.3) is 16.7 Å². The maximum atomic E-state index is 15.5. The van der Waals surface area contributed by atoms with E-state index in [4.69, 9.17) is 14.5 Å². The van der Waals surface area contributed by atoms with Gasteiger partial charge in [0.2, 0.25) is 11.8 Å². The first-order valence-electron chi connectivity index (χ1n) is 22.0. The number of para-hydroxylation sites is 1. The third kappa shape index (κ3) is 8.16. The minimum atomic E-state index is -3.13. The summed E-state index contributed by atoms with van der Waals surface area (Å²) in [6.45, 7) is 1.44. The molecule has 2 unspecified atom stereocenters. The Morgan fingerprint density at radius 3 is 2.66 bits per heavy atom. The normalized spacial score (nSPS) is 25.7. The summed E-state index contributed by atoms with van der Waals surface area (Å²) >= 11 is 0. The molecule has 2 bridgehead atoms. The van der Waals surface area contributed by atoms with Gasteiger partial charge in [-0.25, -0.2) is 31.9 Å². The Morgan fingerprint density at radius 1 is 1.09 bits per heavy atom. The molecule has 0 spiro atoms. The summed E-state index contributed by atoms with van der Waals surface area (Å²) < 4.78 is 76.6. The van der Waals surface area contributed by atoms with Gasteiger partial charge < -0.3 is 19.7 Å². The molecule has 65 heavy (non-hydrogen) atoms. The van der Waals surface area contributed by atoms with Gasteiger partial charge in [0.1, 0.15) is 30.1 Å². The summed E-state index contributed by atoms with van der Waals surface area (Å²) in [6.07, 6.45) is 4.27. The number of amides is 3. The lowest BCUT2D eigenvalue weighted by Crippen LogP contribution is -2.53. The van der Waals surface area contributed by atoms with Gasteiger partial charge in [-0.15, -0.1) is 0 Å². The number of imide groups is 1. The highest BCUT2D eigenvalue weighted by molar-refractivity contribution is 6.08. The van der Waals surface area contributed by atoms with E-state index in [1.165, 1.54) is 30.7 Å². The van der Waals surface area contributed by atoms with E-state index in [1.54, 1.807) is 36.3 Å². The minimum Gasteiger partial charge on any atom is -0.374 e. The number of hydrogen-bond donors (Lipinski definition) is 2. The summed E-state index contributed by atoms with van der Waals surface area (Å²) in [5, 5.41) is 13.4. The van der Waals surface area contributed by atoms with Gasteiger partial charge in [-0.1, -0.05) is 17.9 Å². The third-order valence-electron chi connectivity index (χ3n) is 13.5. The fourth-order valence-corrected chi connectivity index (χ4v) is 10.3. The van der Waals surface area contributed by atoms with Crippen molar-refractivity contribution in [3.05, 3.63) is 70.2 Å². The van der Waals surface area contributed by atoms with E-state index in [0.29, 0.717) is 80.0 Å². The molecule has 342 valence electrons. The summed E-state index contributed by atoms with van der Waals surface area (Å²) in [7, 11) is 1.56. The molecular formula is C44H47F4N11O6. The Bertz CT molecular complexity index is 2800. The number of benzene rings is 1. The van der Waals surface area contributed by atoms with Crippen molar-refractivity contribution in [2.45, 2.75) is 94.0 Å². The molecule has 10 rings (SSSR count). The van der Waals surface area contributed by atoms with Crippen molar-refractivity contribution >= 4 is 45.9 Å². The van der Waals surface area contributed by atoms with E-state index < -0.39 is 60.1 Å². The van der Waals surface area contributed by atoms with E-state index in [9.17, 15) is 28.0 Å². The van der Waals surface area contributed by atoms with Crippen LogP contribution in [0.5, 0.6) is 0 Å². The van der Waals surface area contributed by atoms with Crippen LogP contribution >= 0.6 is 0 Å². The van der Waals surface area contributed by atoms with Crippen molar-refractivity contribution in [1.29, 1.82) is 0 Å². The molecule has 5 aliphatic rings. The molecular weight excluding hydrogens is 855 g/mol. The molecule has 8 heterocycles. The summed E-state index contributed by atoms with van der Waals surface area (Å²) in [6, 6.07) is 6.06. The van der Waals surface area contributed by atoms with Crippen molar-refractivity contribution < 1.29 is 41.4 Å². The number of rotatable bonds is 10. The number of ether oxygens (including phenoxy) is 2. The van der Waals surface area contributed by atoms with Crippen LogP contribution in [-0.2, 0) is 26.1 Å². The average Bonchev–Trinajstić information content (AvgIpc) is 4.13. The summed E-state index contributed by atoms with van der Waals surface area (Å²) in [4.78, 5) is 59.6. The maximum Gasteiger partial charge on any atom is 0.329 e. The molecule has 4 aromatic heterocycles. The number of carbonyl (C=O) groups is 3. The third-order valence-corrected chi connectivity index (χ3v) is 13.5. The lowest BCUT2D eigenvalue weighted by atomic mass is 9.85. The van der Waals surface area contributed by atoms with E-state index >= 15 is 8.78 Å². The Balaban J connectivity index is 0.723. The molecule has 5 aromatic rings. The number of halogens is 4. The molecule has 21 heteroatoms. The lowest BCUT2D eigenvalue weighted by Gasteiger charge is -2.40. The number of hydrogen-bond acceptors (Lipinski definition) is 11. The number of nitrogens with one attached hydrogen (secondary N) is 2. The van der Waals surface area contributed by atoms with Crippen LogP contribution in [0.2, 0.25) is 0 Å². The van der Waals surface area contributed by atoms with Crippen LogP contribution in [-0.4, -0.2) is 120 Å². The molecule has 1 aliphatic carbocycles. The van der Waals surface area contributed by atoms with E-state index in [-0.39, 0.29) is 61.2 Å². The van der Waals surface area contributed by atoms with Gasteiger partial charge in [0.15, 0.2) is 11.3 Å². The highest BCUT2D eigenvalue weighted by Gasteiger charge is 2.46. The van der Waals surface area contributed by atoms with Crippen LogP contribution in [0.1, 0.15) is 91.5 Å². The second-order valence-corrected chi connectivity index (χ2v) is 17.7. The topological polar surface area (TPSA) is 175 Å². The molecule has 1 aromatic carbocycles. The predicted molar refractivity (Wildman–Crippen MR) is 226 cm³/mol. The largest absolute Gasteiger partial charge is 0.374 e. The molecule has 17 nitrogen and oxygen atoms in total. The maximum absolute atomic E-state index is 15.5. The van der Waals surface area contributed by atoms with Gasteiger partial charge in [-0.3, -0.25) is 38.4 Å². The first kappa shape index (κ1) is 42.8. The van der Waals surface area contributed by atoms with Crippen LogP contribution in [0.4, 0.5) is 29.1 Å². The SMILES string of the molecule is Cn1c(=O)n(C2CCC(=O)NC2=O)c2cccc(C#CCOC3CCN(C[C@H]4CC[C@H](n5cc(NC(=O)c6cnn7ccc(N8C[C@H]9C[C@@H]8CO9)nc67)c(C(F)F)n5)CC4)CC3(F)F)c21. The van der Waals surface area contributed by atoms with Crippen LogP contribution in [0.3, 0.4) is 0 Å². The van der Waals surface area contributed by atoms with Crippen LogP contribution in [0, 0.1) is 17.8 Å². The van der Waals surface area contributed by atoms with Crippen LogP contribution < -0.4 is 21.2 Å². The first-order chi connectivity index (χ1) is 31.3.